The molecule has 0 fully saturated rings. The maximum Gasteiger partial charge on any atom is 0.274 e. The van der Waals surface area contributed by atoms with Gasteiger partial charge < -0.3 is 9.84 Å². The van der Waals surface area contributed by atoms with Gasteiger partial charge in [0.2, 0.25) is 11.7 Å². The van der Waals surface area contributed by atoms with Crippen LogP contribution < -0.4 is 10.9 Å². The Labute approximate surface area is 173 Å². The van der Waals surface area contributed by atoms with Crippen LogP contribution in [0.3, 0.4) is 0 Å². The Morgan fingerprint density at radius 3 is 2.40 bits per heavy atom. The lowest BCUT2D eigenvalue weighted by molar-refractivity contribution is -0.116. The van der Waals surface area contributed by atoms with Crippen LogP contribution in [0.2, 0.25) is 0 Å². The van der Waals surface area contributed by atoms with Crippen molar-refractivity contribution in [3.8, 4) is 23.0 Å². The highest BCUT2D eigenvalue weighted by Crippen LogP contribution is 2.22. The molecule has 150 valence electrons. The predicted octanol–water partition coefficient (Wildman–Crippen LogP) is 3.82. The molecule has 0 aliphatic carbocycles. The van der Waals surface area contributed by atoms with E-state index >= 15 is 0 Å². The van der Waals surface area contributed by atoms with Crippen LogP contribution >= 0.6 is 0 Å². The molecule has 2 aromatic carbocycles. The number of anilines is 1. The first-order valence-corrected chi connectivity index (χ1v) is 9.48. The second-order valence-corrected chi connectivity index (χ2v) is 6.94. The molecule has 0 unspecified atom stereocenters. The standard InChI is InChI=1S/C23H20N4O3/c1-15-8-6-9-16(2)21(15)24-19(28)14-27-18(12-7-13-20(27)29)23-25-22(26-30-23)17-10-4-3-5-11-17/h3-13H,14H2,1-2H3,(H,24,28). The second kappa shape index (κ2) is 8.16. The van der Waals surface area contributed by atoms with Gasteiger partial charge in [0.25, 0.3) is 11.4 Å². The van der Waals surface area contributed by atoms with Gasteiger partial charge in [-0.25, -0.2) is 0 Å². The summed E-state index contributed by atoms with van der Waals surface area (Å²) in [6, 6.07) is 19.8. The van der Waals surface area contributed by atoms with Gasteiger partial charge in [-0.3, -0.25) is 14.2 Å². The molecule has 1 amide bonds. The van der Waals surface area contributed by atoms with Crippen LogP contribution in [-0.2, 0) is 11.3 Å². The molecule has 7 heteroatoms. The SMILES string of the molecule is Cc1cccc(C)c1NC(=O)Cn1c(-c2nc(-c3ccccc3)no2)cccc1=O. The highest BCUT2D eigenvalue weighted by atomic mass is 16.5. The summed E-state index contributed by atoms with van der Waals surface area (Å²) in [6.07, 6.45) is 0. The average molecular weight is 400 g/mol. The maximum absolute atomic E-state index is 12.7. The fraction of sp³-hybridized carbons (Fsp3) is 0.130. The number of amides is 1. The highest BCUT2D eigenvalue weighted by molar-refractivity contribution is 5.92. The predicted molar refractivity (Wildman–Crippen MR) is 114 cm³/mol. The Morgan fingerprint density at radius 2 is 1.67 bits per heavy atom. The van der Waals surface area contributed by atoms with Gasteiger partial charge in [-0.1, -0.05) is 59.8 Å². The highest BCUT2D eigenvalue weighted by Gasteiger charge is 2.17. The molecule has 0 aliphatic rings. The first-order valence-electron chi connectivity index (χ1n) is 9.48. The van der Waals surface area contributed by atoms with E-state index in [4.69, 9.17) is 4.52 Å². The van der Waals surface area contributed by atoms with E-state index in [1.54, 1.807) is 12.1 Å². The molecule has 0 spiro atoms. The van der Waals surface area contributed by atoms with Crippen LogP contribution in [0.4, 0.5) is 5.69 Å². The van der Waals surface area contributed by atoms with Crippen molar-refractivity contribution >= 4 is 11.6 Å². The van der Waals surface area contributed by atoms with Gasteiger partial charge in [0.15, 0.2) is 0 Å². The fourth-order valence-electron chi connectivity index (χ4n) is 3.24. The average Bonchev–Trinajstić information content (AvgIpc) is 3.23. The number of hydrogen-bond donors (Lipinski definition) is 1. The molecule has 0 aliphatic heterocycles. The number of benzene rings is 2. The number of hydrogen-bond acceptors (Lipinski definition) is 5. The third-order valence-electron chi connectivity index (χ3n) is 4.77. The summed E-state index contributed by atoms with van der Waals surface area (Å²) in [4.78, 5) is 29.6. The lowest BCUT2D eigenvalue weighted by Gasteiger charge is -2.13. The van der Waals surface area contributed by atoms with Crippen LogP contribution in [0.25, 0.3) is 23.0 Å². The van der Waals surface area contributed by atoms with Crippen molar-refractivity contribution in [3.05, 3.63) is 88.2 Å². The molecule has 0 atom stereocenters. The van der Waals surface area contributed by atoms with E-state index < -0.39 is 0 Å². The van der Waals surface area contributed by atoms with Crippen LogP contribution in [0.1, 0.15) is 11.1 Å². The Bertz CT molecular complexity index is 1240. The second-order valence-electron chi connectivity index (χ2n) is 6.94. The molecule has 7 nitrogen and oxygen atoms in total. The van der Waals surface area contributed by atoms with E-state index in [0.717, 1.165) is 22.4 Å². The number of para-hydroxylation sites is 1. The summed E-state index contributed by atoms with van der Waals surface area (Å²) in [5, 5.41) is 6.90. The van der Waals surface area contributed by atoms with Gasteiger partial charge in [-0.15, -0.1) is 0 Å². The lowest BCUT2D eigenvalue weighted by Crippen LogP contribution is -2.28. The van der Waals surface area contributed by atoms with Gasteiger partial charge in [-0.2, -0.15) is 4.98 Å². The zero-order valence-electron chi connectivity index (χ0n) is 16.6. The third-order valence-corrected chi connectivity index (χ3v) is 4.77. The van der Waals surface area contributed by atoms with Crippen LogP contribution in [-0.4, -0.2) is 20.6 Å². The number of aryl methyl sites for hydroxylation is 2. The molecule has 2 aromatic heterocycles. The molecule has 0 radical (unpaired) electrons. The van der Waals surface area contributed by atoms with E-state index in [1.807, 2.05) is 62.4 Å². The summed E-state index contributed by atoms with van der Waals surface area (Å²) in [7, 11) is 0. The van der Waals surface area contributed by atoms with E-state index in [2.05, 4.69) is 15.5 Å². The molecular formula is C23H20N4O3. The number of aromatic nitrogens is 3. The molecule has 2 heterocycles. The molecule has 0 bridgehead atoms. The topological polar surface area (TPSA) is 90.0 Å². The molecular weight excluding hydrogens is 380 g/mol. The van der Waals surface area contributed by atoms with Crippen LogP contribution in [0, 0.1) is 13.8 Å². The van der Waals surface area contributed by atoms with Gasteiger partial charge in [-0.05, 0) is 31.0 Å². The summed E-state index contributed by atoms with van der Waals surface area (Å²) < 4.78 is 6.71. The molecule has 4 aromatic rings. The Morgan fingerprint density at radius 1 is 0.967 bits per heavy atom. The van der Waals surface area contributed by atoms with Crippen molar-refractivity contribution in [3.63, 3.8) is 0 Å². The van der Waals surface area contributed by atoms with Gasteiger partial charge in [0, 0.05) is 17.3 Å². The first-order chi connectivity index (χ1) is 14.5. The van der Waals surface area contributed by atoms with Crippen molar-refractivity contribution < 1.29 is 9.32 Å². The van der Waals surface area contributed by atoms with E-state index in [1.165, 1.54) is 10.6 Å². The third kappa shape index (κ3) is 3.91. The zero-order valence-corrected chi connectivity index (χ0v) is 16.6. The smallest absolute Gasteiger partial charge is 0.274 e. The zero-order chi connectivity index (χ0) is 21.1. The quantitative estimate of drug-likeness (QED) is 0.550. The summed E-state index contributed by atoms with van der Waals surface area (Å²) in [5.41, 5.74) is 3.50. The van der Waals surface area contributed by atoms with Crippen molar-refractivity contribution in [2.45, 2.75) is 20.4 Å². The molecule has 30 heavy (non-hydrogen) atoms. The van der Waals surface area contributed by atoms with Crippen LogP contribution in [0.5, 0.6) is 0 Å². The summed E-state index contributed by atoms with van der Waals surface area (Å²) in [6.45, 7) is 3.67. The fourth-order valence-corrected chi connectivity index (χ4v) is 3.24. The number of rotatable bonds is 5. The number of carbonyl (C=O) groups is 1. The van der Waals surface area contributed by atoms with E-state index in [9.17, 15) is 9.59 Å². The minimum atomic E-state index is -0.330. The van der Waals surface area contributed by atoms with Gasteiger partial charge in [0.05, 0.1) is 0 Å². The summed E-state index contributed by atoms with van der Waals surface area (Å²) in [5.74, 6) is 0.268. The largest absolute Gasteiger partial charge is 0.332 e. The summed E-state index contributed by atoms with van der Waals surface area (Å²) >= 11 is 0. The van der Waals surface area contributed by atoms with Gasteiger partial charge >= 0.3 is 0 Å². The first kappa shape index (κ1) is 19.3. The van der Waals surface area contributed by atoms with E-state index in [0.29, 0.717) is 11.5 Å². The van der Waals surface area contributed by atoms with E-state index in [-0.39, 0.29) is 23.9 Å². The van der Waals surface area contributed by atoms with Crippen molar-refractivity contribution in [2.75, 3.05) is 5.32 Å². The minimum absolute atomic E-state index is 0.173. The molecule has 4 rings (SSSR count). The van der Waals surface area contributed by atoms with Crippen molar-refractivity contribution in [2.24, 2.45) is 0 Å². The number of nitrogens with zero attached hydrogens (tertiary/aromatic N) is 3. The molecule has 0 saturated carbocycles. The molecule has 0 saturated heterocycles. The maximum atomic E-state index is 12.7. The number of pyridine rings is 1. The minimum Gasteiger partial charge on any atom is -0.332 e. The van der Waals surface area contributed by atoms with Gasteiger partial charge in [0.1, 0.15) is 12.2 Å². The monoisotopic (exact) mass is 400 g/mol. The van der Waals surface area contributed by atoms with Crippen LogP contribution in [0.15, 0.2) is 76.0 Å². The Hall–Kier alpha value is -4.00. The molecule has 1 N–H and O–H groups in total. The normalized spacial score (nSPS) is 10.7. The lowest BCUT2D eigenvalue weighted by atomic mass is 10.1. The Kier molecular flexibility index (Phi) is 5.26. The van der Waals surface area contributed by atoms with Crippen molar-refractivity contribution in [1.82, 2.24) is 14.7 Å². The Balaban J connectivity index is 1.64. The number of carbonyl (C=O) groups excluding carboxylic acids is 1. The number of nitrogens with one attached hydrogen (secondary N) is 1. The van der Waals surface area contributed by atoms with Crippen molar-refractivity contribution in [1.29, 1.82) is 0 Å².